The Morgan fingerprint density at radius 2 is 1.80 bits per heavy atom. The second-order valence-corrected chi connectivity index (χ2v) is 6.62. The summed E-state index contributed by atoms with van der Waals surface area (Å²) in [6, 6.07) is 12.9. The number of hydrogen-bond donors (Lipinski definition) is 2. The molecule has 1 amide bonds. The van der Waals surface area contributed by atoms with Gasteiger partial charge in [-0.3, -0.25) is 4.79 Å². The van der Waals surface area contributed by atoms with Gasteiger partial charge in [0.25, 0.3) is 0 Å². The van der Waals surface area contributed by atoms with Crippen molar-refractivity contribution in [2.45, 2.75) is 25.9 Å². The van der Waals surface area contributed by atoms with Crippen LogP contribution in [0.1, 0.15) is 37.1 Å². The Labute approximate surface area is 158 Å². The van der Waals surface area contributed by atoms with Gasteiger partial charge in [0.1, 0.15) is 5.75 Å². The number of rotatable bonds is 7. The third-order valence-electron chi connectivity index (χ3n) is 4.00. The molecule has 2 aromatic carbocycles. The molecule has 0 aliphatic carbocycles. The van der Waals surface area contributed by atoms with Gasteiger partial charge >= 0.3 is 0 Å². The molecule has 0 radical (unpaired) electrons. The van der Waals surface area contributed by atoms with Crippen molar-refractivity contribution < 1.29 is 9.53 Å². The first-order chi connectivity index (χ1) is 11.9. The van der Waals surface area contributed by atoms with Crippen LogP contribution in [0.3, 0.4) is 0 Å². The highest BCUT2D eigenvalue weighted by molar-refractivity contribution is 6.42. The molecular weight excluding hydrogens is 359 g/mol. The van der Waals surface area contributed by atoms with Crippen LogP contribution >= 0.6 is 23.2 Å². The van der Waals surface area contributed by atoms with Crippen LogP contribution < -0.4 is 15.4 Å². The predicted molar refractivity (Wildman–Crippen MR) is 102 cm³/mol. The zero-order chi connectivity index (χ0) is 18.4. The van der Waals surface area contributed by atoms with Crippen LogP contribution in [0.25, 0.3) is 0 Å². The van der Waals surface area contributed by atoms with Crippen molar-refractivity contribution in [3.63, 3.8) is 0 Å². The number of carbonyl (C=O) groups excluding carboxylic acids is 1. The molecular formula is C19H22Cl2N2O2. The molecule has 0 bridgehead atoms. The average molecular weight is 381 g/mol. The monoisotopic (exact) mass is 380 g/mol. The molecule has 25 heavy (non-hydrogen) atoms. The van der Waals surface area contributed by atoms with E-state index in [2.05, 4.69) is 10.6 Å². The van der Waals surface area contributed by atoms with Crippen molar-refractivity contribution in [3.8, 4) is 5.75 Å². The minimum Gasteiger partial charge on any atom is -0.496 e. The van der Waals surface area contributed by atoms with Crippen LogP contribution in [-0.4, -0.2) is 19.6 Å². The smallest absolute Gasteiger partial charge is 0.234 e. The molecule has 0 saturated heterocycles. The summed E-state index contributed by atoms with van der Waals surface area (Å²) < 4.78 is 5.35. The van der Waals surface area contributed by atoms with E-state index in [1.807, 2.05) is 44.2 Å². The van der Waals surface area contributed by atoms with Gasteiger partial charge in [-0.05, 0) is 37.6 Å². The van der Waals surface area contributed by atoms with Gasteiger partial charge in [0.15, 0.2) is 0 Å². The number of carbonyl (C=O) groups is 1. The number of amides is 1. The summed E-state index contributed by atoms with van der Waals surface area (Å²) in [5.74, 6) is 0.701. The standard InChI is InChI=1S/C19H22Cl2N2O2/c1-12(14-8-9-16(20)17(21)10-14)23-19(24)11-22-13(2)15-6-4-5-7-18(15)25-3/h4-10,12-13,22H,11H2,1-3H3,(H,23,24)/t12-,13-/m1/s1. The first-order valence-electron chi connectivity index (χ1n) is 8.03. The number of halogens is 2. The maximum atomic E-state index is 12.2. The van der Waals surface area contributed by atoms with Gasteiger partial charge in [0, 0.05) is 11.6 Å². The molecule has 0 fully saturated rings. The number of ether oxygens (including phenoxy) is 1. The molecule has 2 atom stereocenters. The van der Waals surface area contributed by atoms with Crippen molar-refractivity contribution in [2.75, 3.05) is 13.7 Å². The molecule has 4 nitrogen and oxygen atoms in total. The Hall–Kier alpha value is -1.75. The molecule has 2 aromatic rings. The molecule has 2 rings (SSSR count). The van der Waals surface area contributed by atoms with Gasteiger partial charge in [-0.2, -0.15) is 0 Å². The molecule has 0 spiro atoms. The van der Waals surface area contributed by atoms with Crippen molar-refractivity contribution in [1.82, 2.24) is 10.6 Å². The van der Waals surface area contributed by atoms with E-state index in [4.69, 9.17) is 27.9 Å². The zero-order valence-electron chi connectivity index (χ0n) is 14.5. The fraction of sp³-hybridized carbons (Fsp3) is 0.316. The lowest BCUT2D eigenvalue weighted by atomic mass is 10.1. The second kappa shape index (κ2) is 9.09. The predicted octanol–water partition coefficient (Wildman–Crippen LogP) is 4.53. The van der Waals surface area contributed by atoms with Crippen LogP contribution in [0.2, 0.25) is 10.0 Å². The minimum atomic E-state index is -0.161. The first kappa shape index (κ1) is 19.6. The number of para-hydroxylation sites is 1. The molecule has 2 N–H and O–H groups in total. The first-order valence-corrected chi connectivity index (χ1v) is 8.78. The van der Waals surface area contributed by atoms with Crippen molar-refractivity contribution in [3.05, 3.63) is 63.6 Å². The Kier molecular flexibility index (Phi) is 7.12. The van der Waals surface area contributed by atoms with E-state index < -0.39 is 0 Å². The Bertz CT molecular complexity index is 737. The lowest BCUT2D eigenvalue weighted by Crippen LogP contribution is -2.36. The molecule has 134 valence electrons. The molecule has 0 aliphatic heterocycles. The highest BCUT2D eigenvalue weighted by Gasteiger charge is 2.14. The summed E-state index contributed by atoms with van der Waals surface area (Å²) in [7, 11) is 1.64. The van der Waals surface area contributed by atoms with E-state index in [-0.39, 0.29) is 24.5 Å². The van der Waals surface area contributed by atoms with Gasteiger partial charge in [0.05, 0.1) is 29.7 Å². The van der Waals surface area contributed by atoms with E-state index in [9.17, 15) is 4.79 Å². The number of benzene rings is 2. The summed E-state index contributed by atoms with van der Waals surface area (Å²) in [4.78, 5) is 12.2. The Balaban J connectivity index is 1.90. The quantitative estimate of drug-likeness (QED) is 0.741. The summed E-state index contributed by atoms with van der Waals surface area (Å²) in [6.07, 6.45) is 0. The SMILES string of the molecule is COc1ccccc1[C@@H](C)NCC(=O)N[C@H](C)c1ccc(Cl)c(Cl)c1. The van der Waals surface area contributed by atoms with Gasteiger partial charge in [-0.25, -0.2) is 0 Å². The third kappa shape index (κ3) is 5.36. The Morgan fingerprint density at radius 1 is 1.08 bits per heavy atom. The van der Waals surface area contributed by atoms with Crippen molar-refractivity contribution in [2.24, 2.45) is 0 Å². The second-order valence-electron chi connectivity index (χ2n) is 5.81. The van der Waals surface area contributed by atoms with Gasteiger partial charge in [0.2, 0.25) is 5.91 Å². The normalized spacial score (nSPS) is 13.2. The highest BCUT2D eigenvalue weighted by Crippen LogP contribution is 2.26. The number of methoxy groups -OCH3 is 1. The topological polar surface area (TPSA) is 50.4 Å². The molecule has 0 saturated carbocycles. The summed E-state index contributed by atoms with van der Waals surface area (Å²) in [5, 5.41) is 7.13. The van der Waals surface area contributed by atoms with Crippen LogP contribution in [-0.2, 0) is 4.79 Å². The Morgan fingerprint density at radius 3 is 2.48 bits per heavy atom. The van der Waals surface area contributed by atoms with Gasteiger partial charge in [-0.1, -0.05) is 47.5 Å². The fourth-order valence-electron chi connectivity index (χ4n) is 2.54. The summed E-state index contributed by atoms with van der Waals surface area (Å²) in [5.41, 5.74) is 1.91. The van der Waals surface area contributed by atoms with Crippen LogP contribution in [0.15, 0.2) is 42.5 Å². The molecule has 0 heterocycles. The van der Waals surface area contributed by atoms with Gasteiger partial charge in [-0.15, -0.1) is 0 Å². The van der Waals surface area contributed by atoms with E-state index in [1.54, 1.807) is 19.2 Å². The van der Waals surface area contributed by atoms with E-state index in [1.165, 1.54) is 0 Å². The fourth-order valence-corrected chi connectivity index (χ4v) is 2.84. The largest absolute Gasteiger partial charge is 0.496 e. The third-order valence-corrected chi connectivity index (χ3v) is 4.73. The molecule has 6 heteroatoms. The van der Waals surface area contributed by atoms with Crippen LogP contribution in [0.5, 0.6) is 5.75 Å². The summed E-state index contributed by atoms with van der Waals surface area (Å²) in [6.45, 7) is 4.10. The molecule has 0 unspecified atom stereocenters. The van der Waals surface area contributed by atoms with Crippen LogP contribution in [0, 0.1) is 0 Å². The molecule has 0 aromatic heterocycles. The van der Waals surface area contributed by atoms with E-state index in [0.29, 0.717) is 10.0 Å². The van der Waals surface area contributed by atoms with Gasteiger partial charge < -0.3 is 15.4 Å². The minimum absolute atomic E-state index is 0.0119. The lowest BCUT2D eigenvalue weighted by molar-refractivity contribution is -0.121. The average Bonchev–Trinajstić information content (AvgIpc) is 2.61. The van der Waals surface area contributed by atoms with E-state index >= 15 is 0 Å². The van der Waals surface area contributed by atoms with Crippen molar-refractivity contribution >= 4 is 29.1 Å². The maximum absolute atomic E-state index is 12.2. The molecule has 0 aliphatic rings. The lowest BCUT2D eigenvalue weighted by Gasteiger charge is -2.19. The number of hydrogen-bond acceptors (Lipinski definition) is 3. The number of nitrogens with one attached hydrogen (secondary N) is 2. The van der Waals surface area contributed by atoms with Crippen molar-refractivity contribution in [1.29, 1.82) is 0 Å². The summed E-state index contributed by atoms with van der Waals surface area (Å²) >= 11 is 11.9. The zero-order valence-corrected chi connectivity index (χ0v) is 16.0. The highest BCUT2D eigenvalue weighted by atomic mass is 35.5. The van der Waals surface area contributed by atoms with Crippen LogP contribution in [0.4, 0.5) is 0 Å². The maximum Gasteiger partial charge on any atom is 0.234 e. The van der Waals surface area contributed by atoms with E-state index in [0.717, 1.165) is 16.9 Å².